The quantitative estimate of drug-likeness (QED) is 0.590. The molecule has 0 spiro atoms. The van der Waals surface area contributed by atoms with Crippen molar-refractivity contribution < 1.29 is 9.90 Å². The number of aromatic hydroxyl groups is 1. The zero-order chi connectivity index (χ0) is 13.3. The molecular weight excluding hydrogens is 228 g/mol. The maximum Gasteiger partial charge on any atom is 0.257 e. The molecule has 2 rings (SSSR count). The maximum atomic E-state index is 12.4. The van der Waals surface area contributed by atoms with Gasteiger partial charge in [-0.25, -0.2) is 0 Å². The van der Waals surface area contributed by atoms with Gasteiger partial charge in [0.15, 0.2) is 5.75 Å². The van der Waals surface area contributed by atoms with Crippen molar-refractivity contribution in [2.75, 3.05) is 18.8 Å². The summed E-state index contributed by atoms with van der Waals surface area (Å²) in [6.07, 6.45) is 1.15. The van der Waals surface area contributed by atoms with Crippen molar-refractivity contribution in [2.24, 2.45) is 11.8 Å². The molecule has 1 fully saturated rings. The predicted octanol–water partition coefficient (Wildman–Crippen LogP) is 2.09. The van der Waals surface area contributed by atoms with E-state index < -0.39 is 0 Å². The second-order valence-corrected chi connectivity index (χ2v) is 5.40. The summed E-state index contributed by atoms with van der Waals surface area (Å²) in [6.45, 7) is 5.79. The van der Waals surface area contributed by atoms with Crippen molar-refractivity contribution in [3.05, 3.63) is 23.8 Å². The molecular formula is C14H20N2O2. The van der Waals surface area contributed by atoms with Crippen LogP contribution in [0.25, 0.3) is 0 Å². The average Bonchev–Trinajstić information content (AvgIpc) is 2.30. The summed E-state index contributed by atoms with van der Waals surface area (Å²) < 4.78 is 0. The normalized spacial score (nSPS) is 24.0. The fourth-order valence-electron chi connectivity index (χ4n) is 2.73. The van der Waals surface area contributed by atoms with Crippen molar-refractivity contribution in [2.45, 2.75) is 20.3 Å². The van der Waals surface area contributed by atoms with Crippen LogP contribution in [-0.4, -0.2) is 29.0 Å². The first-order chi connectivity index (χ1) is 8.49. The summed E-state index contributed by atoms with van der Waals surface area (Å²) in [5.41, 5.74) is 6.17. The first-order valence-corrected chi connectivity index (χ1v) is 6.35. The highest BCUT2D eigenvalue weighted by molar-refractivity contribution is 5.98. The SMILES string of the molecule is CC1CC(C)CN(C(=O)c2cccc(N)c2O)C1. The fraction of sp³-hybridized carbons (Fsp3) is 0.500. The monoisotopic (exact) mass is 248 g/mol. The third kappa shape index (κ3) is 2.42. The number of para-hydroxylation sites is 1. The Kier molecular flexibility index (Phi) is 3.45. The molecule has 4 nitrogen and oxygen atoms in total. The lowest BCUT2D eigenvalue weighted by Gasteiger charge is -2.35. The number of piperidine rings is 1. The Labute approximate surface area is 107 Å². The van der Waals surface area contributed by atoms with Crippen molar-refractivity contribution in [1.29, 1.82) is 0 Å². The summed E-state index contributed by atoms with van der Waals surface area (Å²) in [4.78, 5) is 14.2. The second kappa shape index (κ2) is 4.88. The van der Waals surface area contributed by atoms with Crippen LogP contribution < -0.4 is 5.73 Å². The van der Waals surface area contributed by atoms with E-state index in [2.05, 4.69) is 13.8 Å². The highest BCUT2D eigenvalue weighted by Crippen LogP contribution is 2.28. The van der Waals surface area contributed by atoms with Crippen LogP contribution in [0.1, 0.15) is 30.6 Å². The number of hydrogen-bond donors (Lipinski definition) is 2. The molecule has 0 saturated carbocycles. The zero-order valence-electron chi connectivity index (χ0n) is 10.9. The largest absolute Gasteiger partial charge is 0.505 e. The van der Waals surface area contributed by atoms with Crippen LogP contribution in [0.5, 0.6) is 5.75 Å². The summed E-state index contributed by atoms with van der Waals surface area (Å²) >= 11 is 0. The molecule has 1 aromatic rings. The van der Waals surface area contributed by atoms with Crippen LogP contribution in [0.15, 0.2) is 18.2 Å². The van der Waals surface area contributed by atoms with E-state index in [1.807, 2.05) is 4.90 Å². The molecule has 3 N–H and O–H groups in total. The molecule has 1 aliphatic rings. The summed E-state index contributed by atoms with van der Waals surface area (Å²) in [5.74, 6) is 0.772. The molecule has 2 atom stereocenters. The number of carbonyl (C=O) groups is 1. The van der Waals surface area contributed by atoms with Crippen molar-refractivity contribution in [1.82, 2.24) is 4.90 Å². The first-order valence-electron chi connectivity index (χ1n) is 6.35. The molecule has 1 saturated heterocycles. The summed E-state index contributed by atoms with van der Waals surface area (Å²) in [7, 11) is 0. The summed E-state index contributed by atoms with van der Waals surface area (Å²) in [6, 6.07) is 4.91. The zero-order valence-corrected chi connectivity index (χ0v) is 10.9. The van der Waals surface area contributed by atoms with Gasteiger partial charge in [0.1, 0.15) is 0 Å². The number of phenolic OH excluding ortho intramolecular Hbond substituents is 1. The Bertz CT molecular complexity index is 449. The summed E-state index contributed by atoms with van der Waals surface area (Å²) in [5, 5.41) is 9.86. The number of nitrogens with two attached hydrogens (primary N) is 1. The lowest BCUT2D eigenvalue weighted by atomic mass is 9.91. The number of anilines is 1. The Balaban J connectivity index is 2.23. The number of phenols is 1. The highest BCUT2D eigenvalue weighted by atomic mass is 16.3. The van der Waals surface area contributed by atoms with Crippen LogP contribution in [-0.2, 0) is 0 Å². The van der Waals surface area contributed by atoms with Gasteiger partial charge in [0.25, 0.3) is 5.91 Å². The number of hydrogen-bond acceptors (Lipinski definition) is 3. The van der Waals surface area contributed by atoms with Crippen molar-refractivity contribution >= 4 is 11.6 Å². The molecule has 1 aliphatic heterocycles. The van der Waals surface area contributed by atoms with Crippen LogP contribution in [0.2, 0.25) is 0 Å². The minimum Gasteiger partial charge on any atom is -0.505 e. The maximum absolute atomic E-state index is 12.4. The van der Waals surface area contributed by atoms with Gasteiger partial charge in [-0.3, -0.25) is 4.79 Å². The molecule has 18 heavy (non-hydrogen) atoms. The Morgan fingerprint density at radius 2 is 1.94 bits per heavy atom. The molecule has 4 heteroatoms. The van der Waals surface area contributed by atoms with Gasteiger partial charge in [0.05, 0.1) is 11.3 Å². The van der Waals surface area contributed by atoms with Crippen LogP contribution >= 0.6 is 0 Å². The Morgan fingerprint density at radius 3 is 2.56 bits per heavy atom. The molecule has 0 aromatic heterocycles. The van der Waals surface area contributed by atoms with Crippen LogP contribution in [0.3, 0.4) is 0 Å². The minimum absolute atomic E-state index is 0.103. The Hall–Kier alpha value is -1.71. The minimum atomic E-state index is -0.127. The lowest BCUT2D eigenvalue weighted by molar-refractivity contribution is 0.0620. The first kappa shape index (κ1) is 12.7. The van der Waals surface area contributed by atoms with Gasteiger partial charge >= 0.3 is 0 Å². The number of amides is 1. The third-order valence-corrected chi connectivity index (χ3v) is 3.45. The van der Waals surface area contributed by atoms with Gasteiger partial charge in [-0.1, -0.05) is 19.9 Å². The van der Waals surface area contributed by atoms with E-state index in [-0.39, 0.29) is 17.3 Å². The van der Waals surface area contributed by atoms with Gasteiger partial charge < -0.3 is 15.7 Å². The molecule has 1 heterocycles. The van der Waals surface area contributed by atoms with E-state index in [0.717, 1.165) is 19.5 Å². The molecule has 0 aliphatic carbocycles. The van der Waals surface area contributed by atoms with Gasteiger partial charge in [0, 0.05) is 13.1 Å². The number of benzene rings is 1. The van der Waals surface area contributed by atoms with Crippen molar-refractivity contribution in [3.63, 3.8) is 0 Å². The van der Waals surface area contributed by atoms with Gasteiger partial charge in [-0.2, -0.15) is 0 Å². The molecule has 98 valence electrons. The van der Waals surface area contributed by atoms with Crippen molar-refractivity contribution in [3.8, 4) is 5.75 Å². The van der Waals surface area contributed by atoms with Crippen LogP contribution in [0, 0.1) is 11.8 Å². The number of rotatable bonds is 1. The third-order valence-electron chi connectivity index (χ3n) is 3.45. The molecule has 0 radical (unpaired) electrons. The van der Waals surface area contributed by atoms with E-state index in [1.165, 1.54) is 0 Å². The van der Waals surface area contributed by atoms with E-state index >= 15 is 0 Å². The van der Waals surface area contributed by atoms with Crippen LogP contribution in [0.4, 0.5) is 5.69 Å². The molecule has 2 unspecified atom stereocenters. The fourth-order valence-corrected chi connectivity index (χ4v) is 2.73. The van der Waals surface area contributed by atoms with Gasteiger partial charge in [0.2, 0.25) is 0 Å². The van der Waals surface area contributed by atoms with E-state index in [4.69, 9.17) is 5.73 Å². The van der Waals surface area contributed by atoms with Gasteiger partial charge in [-0.05, 0) is 30.4 Å². The van der Waals surface area contributed by atoms with E-state index in [9.17, 15) is 9.90 Å². The predicted molar refractivity (Wildman–Crippen MR) is 71.4 cm³/mol. The average molecular weight is 248 g/mol. The highest BCUT2D eigenvalue weighted by Gasteiger charge is 2.27. The van der Waals surface area contributed by atoms with Gasteiger partial charge in [-0.15, -0.1) is 0 Å². The second-order valence-electron chi connectivity index (χ2n) is 5.40. The number of nitrogen functional groups attached to an aromatic ring is 1. The smallest absolute Gasteiger partial charge is 0.257 e. The number of likely N-dealkylation sites (tertiary alicyclic amines) is 1. The van der Waals surface area contributed by atoms with E-state index in [1.54, 1.807) is 18.2 Å². The molecule has 1 amide bonds. The standard InChI is InChI=1S/C14H20N2O2/c1-9-6-10(2)8-16(7-9)14(18)11-4-3-5-12(15)13(11)17/h3-5,9-10,17H,6-8,15H2,1-2H3. The lowest BCUT2D eigenvalue weighted by Crippen LogP contribution is -2.42. The Morgan fingerprint density at radius 1 is 1.33 bits per heavy atom. The number of nitrogens with zero attached hydrogens (tertiary/aromatic N) is 1. The topological polar surface area (TPSA) is 66.6 Å². The molecule has 0 bridgehead atoms. The molecule has 1 aromatic carbocycles. The number of carbonyl (C=O) groups excluding carboxylic acids is 1. The van der Waals surface area contributed by atoms with E-state index in [0.29, 0.717) is 17.4 Å².